The molecule has 1 aromatic heterocycles. The summed E-state index contributed by atoms with van der Waals surface area (Å²) in [6, 6.07) is 9.21. The van der Waals surface area contributed by atoms with Crippen molar-refractivity contribution in [3.05, 3.63) is 70.6 Å². The molecule has 0 atom stereocenters. The summed E-state index contributed by atoms with van der Waals surface area (Å²) in [4.78, 5) is 16.4. The predicted molar refractivity (Wildman–Crippen MR) is 103 cm³/mol. The Balaban J connectivity index is 1.71. The molecule has 0 unspecified atom stereocenters. The lowest BCUT2D eigenvalue weighted by atomic mass is 10.1. The molecule has 3 aromatic rings. The summed E-state index contributed by atoms with van der Waals surface area (Å²) in [5.41, 5.74) is 2.73. The van der Waals surface area contributed by atoms with Crippen molar-refractivity contribution in [2.45, 2.75) is 6.92 Å². The van der Waals surface area contributed by atoms with Crippen LogP contribution in [0.5, 0.6) is 5.75 Å². The number of hydrogen-bond donors (Lipinski definition) is 1. The third-order valence-corrected chi connectivity index (χ3v) is 4.51. The lowest BCUT2D eigenvalue weighted by Crippen LogP contribution is -2.07. The second-order valence-corrected chi connectivity index (χ2v) is 6.59. The van der Waals surface area contributed by atoms with Crippen molar-refractivity contribution in [3.8, 4) is 17.0 Å². The molecule has 0 aliphatic heterocycles. The molecule has 1 amide bonds. The molecule has 138 valence electrons. The van der Waals surface area contributed by atoms with E-state index in [0.717, 1.165) is 23.3 Å². The minimum atomic E-state index is -0.943. The first kappa shape index (κ1) is 18.7. The molecule has 0 aliphatic carbocycles. The molecule has 4 nitrogen and oxygen atoms in total. The van der Waals surface area contributed by atoms with Crippen LogP contribution in [-0.4, -0.2) is 18.0 Å². The summed E-state index contributed by atoms with van der Waals surface area (Å²) in [6.45, 7) is 1.95. The van der Waals surface area contributed by atoms with Crippen LogP contribution in [0.3, 0.4) is 0 Å². The maximum Gasteiger partial charge on any atom is 0.250 e. The van der Waals surface area contributed by atoms with Crippen molar-refractivity contribution >= 4 is 28.5 Å². The van der Waals surface area contributed by atoms with Crippen LogP contribution in [-0.2, 0) is 4.79 Å². The van der Waals surface area contributed by atoms with Crippen LogP contribution in [0.15, 0.2) is 47.9 Å². The average molecular weight is 386 g/mol. The van der Waals surface area contributed by atoms with Crippen molar-refractivity contribution in [2.75, 3.05) is 12.4 Å². The normalized spacial score (nSPS) is 11.0. The minimum absolute atomic E-state index is 0.357. The van der Waals surface area contributed by atoms with Gasteiger partial charge < -0.3 is 4.74 Å². The van der Waals surface area contributed by atoms with Crippen LogP contribution in [0.1, 0.15) is 11.1 Å². The number of ether oxygens (including phenoxy) is 1. The van der Waals surface area contributed by atoms with Crippen LogP contribution >= 0.6 is 11.3 Å². The maximum atomic E-state index is 13.3. The zero-order valence-electron chi connectivity index (χ0n) is 14.6. The van der Waals surface area contributed by atoms with Crippen LogP contribution in [0, 0.1) is 18.6 Å². The molecule has 27 heavy (non-hydrogen) atoms. The Hall–Kier alpha value is -3.06. The van der Waals surface area contributed by atoms with Crippen LogP contribution in [0.4, 0.5) is 13.9 Å². The fourth-order valence-electron chi connectivity index (χ4n) is 2.42. The summed E-state index contributed by atoms with van der Waals surface area (Å²) in [5.74, 6) is -1.55. The van der Waals surface area contributed by atoms with Gasteiger partial charge in [-0.2, -0.15) is 0 Å². The number of thiazole rings is 1. The highest BCUT2D eigenvalue weighted by atomic mass is 32.1. The molecule has 0 radical (unpaired) electrons. The Morgan fingerprint density at radius 2 is 2.00 bits per heavy atom. The topological polar surface area (TPSA) is 51.2 Å². The lowest BCUT2D eigenvalue weighted by Gasteiger charge is -2.05. The van der Waals surface area contributed by atoms with Gasteiger partial charge in [-0.05, 0) is 43.3 Å². The Morgan fingerprint density at radius 3 is 2.74 bits per heavy atom. The number of aromatic nitrogens is 1. The van der Waals surface area contributed by atoms with Gasteiger partial charge in [0, 0.05) is 22.6 Å². The number of anilines is 1. The maximum absolute atomic E-state index is 13.3. The van der Waals surface area contributed by atoms with Gasteiger partial charge >= 0.3 is 0 Å². The van der Waals surface area contributed by atoms with Crippen molar-refractivity contribution < 1.29 is 18.3 Å². The molecular weight excluding hydrogens is 370 g/mol. The number of nitrogens with one attached hydrogen (secondary N) is 1. The van der Waals surface area contributed by atoms with Gasteiger partial charge in [-0.1, -0.05) is 11.6 Å². The summed E-state index contributed by atoms with van der Waals surface area (Å²) in [6.07, 6.45) is 3.04. The largest absolute Gasteiger partial charge is 0.496 e. The first-order valence-corrected chi connectivity index (χ1v) is 8.89. The molecule has 0 aliphatic rings. The van der Waals surface area contributed by atoms with Gasteiger partial charge in [-0.25, -0.2) is 13.8 Å². The van der Waals surface area contributed by atoms with E-state index in [2.05, 4.69) is 10.3 Å². The van der Waals surface area contributed by atoms with Gasteiger partial charge in [0.05, 0.1) is 12.8 Å². The third kappa shape index (κ3) is 4.57. The summed E-state index contributed by atoms with van der Waals surface area (Å²) >= 11 is 1.20. The SMILES string of the molecule is COc1ccc(C)cc1/C=C/C(=O)Nc1nc(-c2ccc(F)c(F)c2)cs1. The van der Waals surface area contributed by atoms with Crippen molar-refractivity contribution in [1.82, 2.24) is 4.98 Å². The molecule has 0 saturated carbocycles. The molecule has 0 spiro atoms. The summed E-state index contributed by atoms with van der Waals surface area (Å²) in [5, 5.41) is 4.68. The van der Waals surface area contributed by atoms with Gasteiger partial charge in [0.1, 0.15) is 5.75 Å². The van der Waals surface area contributed by atoms with E-state index in [0.29, 0.717) is 22.1 Å². The van der Waals surface area contributed by atoms with E-state index >= 15 is 0 Å². The Labute approximate surface area is 159 Å². The highest BCUT2D eigenvalue weighted by Crippen LogP contribution is 2.26. The smallest absolute Gasteiger partial charge is 0.250 e. The molecule has 0 fully saturated rings. The zero-order valence-corrected chi connectivity index (χ0v) is 15.4. The first-order valence-electron chi connectivity index (χ1n) is 8.01. The zero-order chi connectivity index (χ0) is 19.4. The van der Waals surface area contributed by atoms with Crippen LogP contribution < -0.4 is 10.1 Å². The van der Waals surface area contributed by atoms with E-state index in [1.807, 2.05) is 25.1 Å². The minimum Gasteiger partial charge on any atom is -0.496 e. The van der Waals surface area contributed by atoms with E-state index < -0.39 is 11.6 Å². The fraction of sp³-hybridized carbons (Fsp3) is 0.100. The van der Waals surface area contributed by atoms with Crippen molar-refractivity contribution in [2.24, 2.45) is 0 Å². The van der Waals surface area contributed by atoms with Crippen LogP contribution in [0.2, 0.25) is 0 Å². The Bertz CT molecular complexity index is 1010. The number of hydrogen-bond acceptors (Lipinski definition) is 4. The number of amides is 1. The molecule has 3 rings (SSSR count). The Morgan fingerprint density at radius 1 is 1.19 bits per heavy atom. The van der Waals surface area contributed by atoms with E-state index in [-0.39, 0.29) is 5.91 Å². The Kier molecular flexibility index (Phi) is 5.61. The predicted octanol–water partition coefficient (Wildman–Crippen LogP) is 5.06. The number of carbonyl (C=O) groups excluding carboxylic acids is 1. The third-order valence-electron chi connectivity index (χ3n) is 3.75. The fourth-order valence-corrected chi connectivity index (χ4v) is 3.14. The lowest BCUT2D eigenvalue weighted by molar-refractivity contribution is -0.111. The van der Waals surface area contributed by atoms with Gasteiger partial charge in [-0.3, -0.25) is 10.1 Å². The molecule has 1 heterocycles. The number of aryl methyl sites for hydroxylation is 1. The number of carbonyl (C=O) groups is 1. The van der Waals surface area contributed by atoms with Crippen molar-refractivity contribution in [3.63, 3.8) is 0 Å². The van der Waals surface area contributed by atoms with Gasteiger partial charge in [-0.15, -0.1) is 11.3 Å². The van der Waals surface area contributed by atoms with E-state index in [1.165, 1.54) is 23.5 Å². The number of nitrogens with zero attached hydrogens (tertiary/aromatic N) is 1. The summed E-state index contributed by atoms with van der Waals surface area (Å²) in [7, 11) is 1.57. The molecule has 7 heteroatoms. The van der Waals surface area contributed by atoms with Gasteiger partial charge in [0.15, 0.2) is 16.8 Å². The van der Waals surface area contributed by atoms with E-state index in [9.17, 15) is 13.6 Å². The number of benzene rings is 2. The molecular formula is C20H16F2N2O2S. The molecule has 0 saturated heterocycles. The molecule has 0 bridgehead atoms. The average Bonchev–Trinajstić information content (AvgIpc) is 3.11. The van der Waals surface area contributed by atoms with E-state index in [4.69, 9.17) is 4.74 Å². The first-order chi connectivity index (χ1) is 13.0. The standard InChI is InChI=1S/C20H16F2N2O2S/c1-12-3-7-18(26-2)14(9-12)5-8-19(25)24-20-23-17(11-27-20)13-4-6-15(21)16(22)10-13/h3-11H,1-2H3,(H,23,24,25)/b8-5+. The highest BCUT2D eigenvalue weighted by molar-refractivity contribution is 7.14. The van der Waals surface area contributed by atoms with Gasteiger partial charge in [0.25, 0.3) is 0 Å². The second kappa shape index (κ2) is 8.09. The number of methoxy groups -OCH3 is 1. The second-order valence-electron chi connectivity index (χ2n) is 5.73. The van der Waals surface area contributed by atoms with Gasteiger partial charge in [0.2, 0.25) is 5.91 Å². The number of rotatable bonds is 5. The highest BCUT2D eigenvalue weighted by Gasteiger charge is 2.09. The van der Waals surface area contributed by atoms with Crippen molar-refractivity contribution in [1.29, 1.82) is 0 Å². The van der Waals surface area contributed by atoms with E-state index in [1.54, 1.807) is 18.6 Å². The molecule has 1 N–H and O–H groups in total. The van der Waals surface area contributed by atoms with Crippen LogP contribution in [0.25, 0.3) is 17.3 Å². The number of halogens is 2. The quantitative estimate of drug-likeness (QED) is 0.624. The monoisotopic (exact) mass is 386 g/mol. The summed E-state index contributed by atoms with van der Waals surface area (Å²) < 4.78 is 31.6. The molecule has 2 aromatic carbocycles.